The summed E-state index contributed by atoms with van der Waals surface area (Å²) in [4.78, 5) is 22.9. The molecule has 0 spiro atoms. The van der Waals surface area contributed by atoms with Crippen molar-refractivity contribution in [3.8, 4) is 11.5 Å². The molecule has 0 aliphatic carbocycles. The van der Waals surface area contributed by atoms with Crippen LogP contribution in [0.2, 0.25) is 0 Å². The molecule has 2 aromatic heterocycles. The molecule has 0 unspecified atom stereocenters. The van der Waals surface area contributed by atoms with Crippen molar-refractivity contribution in [2.75, 3.05) is 45.2 Å². The first kappa shape index (κ1) is 22.8. The van der Waals surface area contributed by atoms with E-state index in [1.807, 2.05) is 30.3 Å². The van der Waals surface area contributed by atoms with Crippen LogP contribution in [0.5, 0.6) is 11.5 Å². The highest BCUT2D eigenvalue weighted by atomic mass is 16.5. The van der Waals surface area contributed by atoms with Gasteiger partial charge in [0, 0.05) is 50.7 Å². The van der Waals surface area contributed by atoms with E-state index in [0.717, 1.165) is 45.0 Å². The van der Waals surface area contributed by atoms with Gasteiger partial charge in [-0.05, 0) is 36.2 Å². The van der Waals surface area contributed by atoms with Gasteiger partial charge in [0.25, 0.3) is 11.9 Å². The Hall–Kier alpha value is -3.95. The normalized spacial score (nSPS) is 14.1. The molecule has 0 radical (unpaired) electrons. The van der Waals surface area contributed by atoms with Crippen LogP contribution in [0.25, 0.3) is 11.1 Å². The SMILES string of the molecule is CNC(=O)c1cc(Oc2ccc3nc(Nc4ccccc4CCN4CCOCC4)oc3c2)ccn1. The van der Waals surface area contributed by atoms with E-state index >= 15 is 0 Å². The lowest BCUT2D eigenvalue weighted by Gasteiger charge is -2.26. The van der Waals surface area contributed by atoms with E-state index in [4.69, 9.17) is 13.9 Å². The number of ether oxygens (including phenoxy) is 2. The monoisotopic (exact) mass is 473 g/mol. The Bertz CT molecular complexity index is 1320. The lowest BCUT2D eigenvalue weighted by molar-refractivity contribution is 0.0384. The van der Waals surface area contributed by atoms with Gasteiger partial charge in [-0.3, -0.25) is 14.7 Å². The number of nitrogens with one attached hydrogen (secondary N) is 2. The molecule has 1 aliphatic rings. The third-order valence-corrected chi connectivity index (χ3v) is 5.85. The van der Waals surface area contributed by atoms with E-state index in [1.165, 1.54) is 11.8 Å². The Labute approximate surface area is 203 Å². The van der Waals surface area contributed by atoms with Gasteiger partial charge in [0.2, 0.25) is 0 Å². The van der Waals surface area contributed by atoms with Crippen molar-refractivity contribution in [3.63, 3.8) is 0 Å². The molecule has 0 saturated carbocycles. The number of nitrogens with zero attached hydrogens (tertiary/aromatic N) is 3. The number of morpholine rings is 1. The number of carbonyl (C=O) groups is 1. The highest BCUT2D eigenvalue weighted by Gasteiger charge is 2.13. The van der Waals surface area contributed by atoms with Crippen LogP contribution in [-0.2, 0) is 11.2 Å². The van der Waals surface area contributed by atoms with Gasteiger partial charge >= 0.3 is 0 Å². The number of fused-ring (bicyclic) bond motifs is 1. The van der Waals surface area contributed by atoms with Crippen LogP contribution in [0.1, 0.15) is 16.1 Å². The maximum Gasteiger partial charge on any atom is 0.300 e. The summed E-state index contributed by atoms with van der Waals surface area (Å²) in [6.45, 7) is 4.51. The van der Waals surface area contributed by atoms with Gasteiger partial charge in [-0.2, -0.15) is 4.98 Å². The fraction of sp³-hybridized carbons (Fsp3) is 0.269. The second-order valence-electron chi connectivity index (χ2n) is 8.19. The summed E-state index contributed by atoms with van der Waals surface area (Å²) in [5, 5.41) is 5.88. The number of para-hydroxylation sites is 1. The van der Waals surface area contributed by atoms with Crippen molar-refractivity contribution in [1.29, 1.82) is 0 Å². The molecular formula is C26H27N5O4. The molecule has 5 rings (SSSR count). The van der Waals surface area contributed by atoms with Crippen LogP contribution in [0.3, 0.4) is 0 Å². The second-order valence-corrected chi connectivity index (χ2v) is 8.19. The lowest BCUT2D eigenvalue weighted by atomic mass is 10.1. The van der Waals surface area contributed by atoms with Gasteiger partial charge in [0.15, 0.2) is 5.58 Å². The predicted octanol–water partition coefficient (Wildman–Crippen LogP) is 3.99. The number of amides is 1. The number of anilines is 2. The molecule has 35 heavy (non-hydrogen) atoms. The van der Waals surface area contributed by atoms with Crippen LogP contribution in [0.4, 0.5) is 11.7 Å². The number of oxazole rings is 1. The first-order chi connectivity index (χ1) is 17.2. The maximum absolute atomic E-state index is 11.8. The number of hydrogen-bond donors (Lipinski definition) is 2. The Morgan fingerprint density at radius 1 is 1.09 bits per heavy atom. The minimum atomic E-state index is -0.276. The molecule has 1 amide bonds. The van der Waals surface area contributed by atoms with Crippen molar-refractivity contribution >= 4 is 28.7 Å². The van der Waals surface area contributed by atoms with Crippen molar-refractivity contribution in [2.24, 2.45) is 0 Å². The maximum atomic E-state index is 11.8. The van der Waals surface area contributed by atoms with Crippen molar-refractivity contribution in [1.82, 2.24) is 20.2 Å². The fourth-order valence-electron chi connectivity index (χ4n) is 3.96. The van der Waals surface area contributed by atoms with Crippen LogP contribution >= 0.6 is 0 Å². The minimum absolute atomic E-state index is 0.276. The molecule has 0 atom stereocenters. The smallest absolute Gasteiger partial charge is 0.300 e. The quantitative estimate of drug-likeness (QED) is 0.396. The standard InChI is InChI=1S/C26H27N5O4/c1-27-25(32)23-16-20(8-10-28-23)34-19-6-7-22-24(17-19)35-26(30-22)29-21-5-3-2-4-18(21)9-11-31-12-14-33-15-13-31/h2-8,10,16-17H,9,11-15H2,1H3,(H,27,32)(H,29,30). The molecule has 2 aromatic carbocycles. The number of aromatic nitrogens is 2. The molecule has 2 N–H and O–H groups in total. The molecule has 180 valence electrons. The zero-order valence-electron chi connectivity index (χ0n) is 19.5. The molecule has 1 aliphatic heterocycles. The van der Waals surface area contributed by atoms with Crippen LogP contribution in [0, 0.1) is 0 Å². The number of hydrogen-bond acceptors (Lipinski definition) is 8. The summed E-state index contributed by atoms with van der Waals surface area (Å²) in [5.74, 6) is 0.798. The van der Waals surface area contributed by atoms with Crippen molar-refractivity contribution in [3.05, 3.63) is 72.1 Å². The Morgan fingerprint density at radius 2 is 1.91 bits per heavy atom. The zero-order valence-corrected chi connectivity index (χ0v) is 19.5. The molecular weight excluding hydrogens is 446 g/mol. The molecule has 0 bridgehead atoms. The van der Waals surface area contributed by atoms with Gasteiger partial charge in [-0.25, -0.2) is 0 Å². The van der Waals surface area contributed by atoms with Gasteiger partial charge in [0.1, 0.15) is 22.7 Å². The average molecular weight is 474 g/mol. The number of benzene rings is 2. The summed E-state index contributed by atoms with van der Waals surface area (Å²) in [7, 11) is 1.56. The van der Waals surface area contributed by atoms with Gasteiger partial charge in [0.05, 0.1) is 13.2 Å². The summed E-state index contributed by atoms with van der Waals surface area (Å²) < 4.78 is 17.3. The highest BCUT2D eigenvalue weighted by molar-refractivity contribution is 5.92. The van der Waals surface area contributed by atoms with Gasteiger partial charge in [-0.15, -0.1) is 0 Å². The van der Waals surface area contributed by atoms with E-state index in [1.54, 1.807) is 25.2 Å². The van der Waals surface area contributed by atoms with Gasteiger partial charge < -0.3 is 24.5 Å². The van der Waals surface area contributed by atoms with Gasteiger partial charge in [-0.1, -0.05) is 18.2 Å². The van der Waals surface area contributed by atoms with E-state index < -0.39 is 0 Å². The van der Waals surface area contributed by atoms with E-state index in [-0.39, 0.29) is 11.6 Å². The fourth-order valence-corrected chi connectivity index (χ4v) is 3.96. The summed E-state index contributed by atoms with van der Waals surface area (Å²) in [6.07, 6.45) is 2.46. The molecule has 1 fully saturated rings. The lowest BCUT2D eigenvalue weighted by Crippen LogP contribution is -2.37. The molecule has 1 saturated heterocycles. The first-order valence-electron chi connectivity index (χ1n) is 11.6. The Balaban J connectivity index is 1.29. The van der Waals surface area contributed by atoms with Crippen LogP contribution in [0.15, 0.2) is 65.2 Å². The van der Waals surface area contributed by atoms with Crippen LogP contribution in [-0.4, -0.2) is 60.7 Å². The third-order valence-electron chi connectivity index (χ3n) is 5.85. The number of carbonyl (C=O) groups excluding carboxylic acids is 1. The number of rotatable bonds is 8. The van der Waals surface area contributed by atoms with E-state index in [9.17, 15) is 4.79 Å². The predicted molar refractivity (Wildman–Crippen MR) is 132 cm³/mol. The highest BCUT2D eigenvalue weighted by Crippen LogP contribution is 2.29. The topological polar surface area (TPSA) is 102 Å². The summed E-state index contributed by atoms with van der Waals surface area (Å²) in [6, 6.07) is 17.3. The first-order valence-corrected chi connectivity index (χ1v) is 11.6. The van der Waals surface area contributed by atoms with Crippen LogP contribution < -0.4 is 15.4 Å². The molecule has 4 aromatic rings. The second kappa shape index (κ2) is 10.5. The summed E-state index contributed by atoms with van der Waals surface area (Å²) in [5.41, 5.74) is 3.77. The van der Waals surface area contributed by atoms with E-state index in [2.05, 4.69) is 31.6 Å². The summed E-state index contributed by atoms with van der Waals surface area (Å²) >= 11 is 0. The molecule has 3 heterocycles. The largest absolute Gasteiger partial charge is 0.457 e. The Kier molecular flexibility index (Phi) is 6.87. The zero-order chi connectivity index (χ0) is 24.0. The third kappa shape index (κ3) is 5.59. The molecule has 9 heteroatoms. The molecule has 9 nitrogen and oxygen atoms in total. The van der Waals surface area contributed by atoms with Crippen molar-refractivity contribution < 1.29 is 18.7 Å². The minimum Gasteiger partial charge on any atom is -0.457 e. The van der Waals surface area contributed by atoms with Crippen molar-refractivity contribution in [2.45, 2.75) is 6.42 Å². The Morgan fingerprint density at radius 3 is 2.77 bits per heavy atom. The number of pyridine rings is 1. The average Bonchev–Trinajstić information content (AvgIpc) is 3.30. The van der Waals surface area contributed by atoms with E-state index in [0.29, 0.717) is 28.6 Å².